The summed E-state index contributed by atoms with van der Waals surface area (Å²) in [7, 11) is 0. The molecule has 0 saturated carbocycles. The number of halogens is 3. The van der Waals surface area contributed by atoms with Crippen molar-refractivity contribution in [3.05, 3.63) is 99.4 Å². The fourth-order valence-electron chi connectivity index (χ4n) is 4.13. The molecule has 1 aliphatic heterocycles. The van der Waals surface area contributed by atoms with E-state index >= 15 is 0 Å². The number of carbonyl (C=O) groups is 2. The van der Waals surface area contributed by atoms with E-state index in [1.165, 1.54) is 29.3 Å². The number of ketones is 1. The first-order valence-electron chi connectivity index (χ1n) is 10.5. The van der Waals surface area contributed by atoms with E-state index < -0.39 is 29.3 Å². The van der Waals surface area contributed by atoms with Gasteiger partial charge in [0.05, 0.1) is 26.5 Å². The minimum absolute atomic E-state index is 0.0810. The second kappa shape index (κ2) is 8.41. The molecule has 178 valence electrons. The van der Waals surface area contributed by atoms with Crippen molar-refractivity contribution in [2.45, 2.75) is 6.04 Å². The third-order valence-electron chi connectivity index (χ3n) is 5.75. The van der Waals surface area contributed by atoms with Gasteiger partial charge >= 0.3 is 0 Å². The van der Waals surface area contributed by atoms with Gasteiger partial charge in [-0.2, -0.15) is 0 Å². The van der Waals surface area contributed by atoms with Crippen LogP contribution in [0.15, 0.2) is 76.5 Å². The Kier molecular flexibility index (Phi) is 5.29. The van der Waals surface area contributed by atoms with Gasteiger partial charge in [0.25, 0.3) is 5.91 Å². The number of fused-ring (bicyclic) bond motifs is 2. The van der Waals surface area contributed by atoms with Crippen LogP contribution in [0.2, 0.25) is 10.0 Å². The zero-order valence-electron chi connectivity index (χ0n) is 17.9. The summed E-state index contributed by atoms with van der Waals surface area (Å²) in [6, 6.07) is 12.8. The minimum Gasteiger partial charge on any atom is -0.503 e. The Morgan fingerprint density at radius 1 is 1.14 bits per heavy atom. The predicted octanol–water partition coefficient (Wildman–Crippen LogP) is 6.67. The Balaban J connectivity index is 1.50. The van der Waals surface area contributed by atoms with Crippen LogP contribution in [0, 0.1) is 5.82 Å². The first kappa shape index (κ1) is 22.7. The number of furan rings is 1. The third-order valence-corrected chi connectivity index (χ3v) is 7.29. The molecule has 11 heteroatoms. The van der Waals surface area contributed by atoms with Crippen molar-refractivity contribution in [3.8, 4) is 0 Å². The van der Waals surface area contributed by atoms with Crippen molar-refractivity contribution in [2.24, 2.45) is 0 Å². The monoisotopic (exact) mass is 539 g/mol. The molecule has 1 aliphatic rings. The van der Waals surface area contributed by atoms with Gasteiger partial charge in [-0.15, -0.1) is 0 Å². The summed E-state index contributed by atoms with van der Waals surface area (Å²) in [5.74, 6) is -3.00. The number of aromatic nitrogens is 2. The third kappa shape index (κ3) is 3.55. The van der Waals surface area contributed by atoms with E-state index in [1.54, 1.807) is 36.4 Å². The molecule has 1 unspecified atom stereocenters. The predicted molar refractivity (Wildman–Crippen MR) is 134 cm³/mol. The molecule has 0 aliphatic carbocycles. The van der Waals surface area contributed by atoms with Gasteiger partial charge in [-0.25, -0.2) is 9.37 Å². The lowest BCUT2D eigenvalue weighted by atomic mass is 9.98. The van der Waals surface area contributed by atoms with Crippen LogP contribution in [0.4, 0.5) is 9.52 Å². The number of aliphatic hydroxyl groups is 1. The highest BCUT2D eigenvalue weighted by Gasteiger charge is 2.47. The fourth-order valence-corrected chi connectivity index (χ4v) is 5.46. The first-order valence-corrected chi connectivity index (χ1v) is 12.1. The Bertz CT molecular complexity index is 1710. The molecule has 0 spiro atoms. The fraction of sp³-hybridized carbons (Fsp3) is 0.0400. The Morgan fingerprint density at radius 3 is 2.75 bits per heavy atom. The van der Waals surface area contributed by atoms with Crippen molar-refractivity contribution in [3.63, 3.8) is 0 Å². The molecule has 5 aromatic rings. The number of rotatable bonds is 4. The molecule has 6 rings (SSSR count). The minimum atomic E-state index is -1.11. The molecule has 7 nitrogen and oxygen atoms in total. The number of aliphatic hydroxyl groups excluding tert-OH is 1. The maximum Gasteiger partial charge on any atom is 0.296 e. The summed E-state index contributed by atoms with van der Waals surface area (Å²) >= 11 is 13.0. The average molecular weight is 540 g/mol. The van der Waals surface area contributed by atoms with Gasteiger partial charge in [0, 0.05) is 16.6 Å². The van der Waals surface area contributed by atoms with E-state index in [0.717, 1.165) is 11.3 Å². The number of anilines is 1. The summed E-state index contributed by atoms with van der Waals surface area (Å²) in [4.78, 5) is 36.9. The van der Waals surface area contributed by atoms with E-state index in [2.05, 4.69) is 9.97 Å². The maximum atomic E-state index is 14.0. The highest BCUT2D eigenvalue weighted by Crippen LogP contribution is 2.44. The molecule has 0 saturated heterocycles. The van der Waals surface area contributed by atoms with Gasteiger partial charge in [0.2, 0.25) is 5.78 Å². The lowest BCUT2D eigenvalue weighted by Gasteiger charge is -2.23. The standard InChI is InChI=1S/C25H12Cl2FN3O4S/c26-12-4-5-17-11(7-12)8-18(35-17)22(32)20-21(15-3-1-2-6-29-15)31(24(34)23(20)33)25-30-16-9-13(27)14(28)10-19(16)36-25/h1-10,21,33H. The van der Waals surface area contributed by atoms with Gasteiger partial charge in [-0.1, -0.05) is 40.6 Å². The normalized spacial score (nSPS) is 16.0. The first-order chi connectivity index (χ1) is 17.3. The van der Waals surface area contributed by atoms with Gasteiger partial charge in [0.15, 0.2) is 16.7 Å². The van der Waals surface area contributed by atoms with Crippen LogP contribution in [0.1, 0.15) is 22.3 Å². The summed E-state index contributed by atoms with van der Waals surface area (Å²) in [6.45, 7) is 0. The molecule has 3 aromatic heterocycles. The largest absolute Gasteiger partial charge is 0.503 e. The Hall–Kier alpha value is -3.79. The lowest BCUT2D eigenvalue weighted by Crippen LogP contribution is -2.31. The van der Waals surface area contributed by atoms with Gasteiger partial charge < -0.3 is 9.52 Å². The van der Waals surface area contributed by atoms with E-state index in [0.29, 0.717) is 31.9 Å². The van der Waals surface area contributed by atoms with Gasteiger partial charge in [-0.05, 0) is 48.5 Å². The molecule has 1 amide bonds. The lowest BCUT2D eigenvalue weighted by molar-refractivity contribution is -0.117. The second-order valence-electron chi connectivity index (χ2n) is 7.95. The molecule has 0 radical (unpaired) electrons. The number of hydrogen-bond donors (Lipinski definition) is 1. The van der Waals surface area contributed by atoms with E-state index in [4.69, 9.17) is 27.6 Å². The number of pyridine rings is 1. The number of benzene rings is 2. The quantitative estimate of drug-likeness (QED) is 0.256. The highest BCUT2D eigenvalue weighted by molar-refractivity contribution is 7.22. The molecule has 0 fully saturated rings. The highest BCUT2D eigenvalue weighted by atomic mass is 35.5. The van der Waals surface area contributed by atoms with E-state index in [1.807, 2.05) is 0 Å². The van der Waals surface area contributed by atoms with Crippen molar-refractivity contribution < 1.29 is 23.5 Å². The molecular formula is C25H12Cl2FN3O4S. The van der Waals surface area contributed by atoms with Crippen molar-refractivity contribution in [1.29, 1.82) is 0 Å². The molecule has 1 atom stereocenters. The van der Waals surface area contributed by atoms with Crippen LogP contribution in [-0.2, 0) is 4.79 Å². The summed E-state index contributed by atoms with van der Waals surface area (Å²) in [5.41, 5.74) is 0.888. The Morgan fingerprint density at radius 2 is 1.97 bits per heavy atom. The number of amides is 1. The number of thiazole rings is 1. The van der Waals surface area contributed by atoms with Crippen molar-refractivity contribution >= 4 is 72.5 Å². The Labute approximate surface area is 216 Å². The molecule has 0 bridgehead atoms. The molecule has 36 heavy (non-hydrogen) atoms. The molecule has 4 heterocycles. The van der Waals surface area contributed by atoms with E-state index in [9.17, 15) is 19.1 Å². The summed E-state index contributed by atoms with van der Waals surface area (Å²) in [6.07, 6.45) is 1.51. The summed E-state index contributed by atoms with van der Waals surface area (Å²) < 4.78 is 20.2. The van der Waals surface area contributed by atoms with Crippen molar-refractivity contribution in [1.82, 2.24) is 9.97 Å². The molecule has 2 aromatic carbocycles. The number of nitrogens with zero attached hydrogens (tertiary/aromatic N) is 3. The zero-order chi connectivity index (χ0) is 25.1. The van der Waals surface area contributed by atoms with Crippen LogP contribution in [0.3, 0.4) is 0 Å². The van der Waals surface area contributed by atoms with E-state index in [-0.39, 0.29) is 21.5 Å². The SMILES string of the molecule is O=C(C1=C(O)C(=O)N(c2nc3cc(Cl)c(F)cc3s2)C1c1ccccn1)c1cc2cc(Cl)ccc2o1. The summed E-state index contributed by atoms with van der Waals surface area (Å²) in [5, 5.41) is 12.0. The van der Waals surface area contributed by atoms with Crippen LogP contribution in [-0.4, -0.2) is 26.8 Å². The number of Topliss-reactive ketones (excluding diaryl/α,β-unsaturated/α-hetero) is 1. The second-order valence-corrected chi connectivity index (χ2v) is 9.80. The molecule has 1 N–H and O–H groups in total. The maximum absolute atomic E-state index is 14.0. The van der Waals surface area contributed by atoms with Crippen LogP contribution in [0.25, 0.3) is 21.2 Å². The van der Waals surface area contributed by atoms with Crippen LogP contribution in [0.5, 0.6) is 0 Å². The number of hydrogen-bond acceptors (Lipinski definition) is 7. The zero-order valence-corrected chi connectivity index (χ0v) is 20.2. The average Bonchev–Trinajstić information content (AvgIpc) is 3.53. The van der Waals surface area contributed by atoms with Gasteiger partial charge in [-0.3, -0.25) is 19.5 Å². The van der Waals surface area contributed by atoms with Crippen LogP contribution >= 0.6 is 34.5 Å². The van der Waals surface area contributed by atoms with Gasteiger partial charge in [0.1, 0.15) is 17.4 Å². The topological polar surface area (TPSA) is 96.5 Å². The smallest absolute Gasteiger partial charge is 0.296 e. The van der Waals surface area contributed by atoms with Crippen LogP contribution < -0.4 is 4.90 Å². The van der Waals surface area contributed by atoms with Crippen molar-refractivity contribution in [2.75, 3.05) is 4.90 Å². The number of carbonyl (C=O) groups excluding carboxylic acids is 2. The molecular weight excluding hydrogens is 528 g/mol.